The highest BCUT2D eigenvalue weighted by Gasteiger charge is 2.30. The fourth-order valence-electron chi connectivity index (χ4n) is 4.17. The number of hydrogen-bond donors (Lipinski definition) is 1. The van der Waals surface area contributed by atoms with E-state index in [2.05, 4.69) is 22.1 Å². The molecule has 0 saturated carbocycles. The number of nitrogen functional groups attached to an aromatic ring is 1. The number of ether oxygens (including phenoxy) is 1. The molecule has 2 aromatic carbocycles. The number of benzene rings is 2. The van der Waals surface area contributed by atoms with Crippen LogP contribution in [0.1, 0.15) is 13.8 Å². The number of aromatic nitrogens is 4. The molecule has 2 N–H and O–H groups in total. The summed E-state index contributed by atoms with van der Waals surface area (Å²) in [6.07, 6.45) is 1.47. The Morgan fingerprint density at radius 1 is 1.16 bits per heavy atom. The number of nitrogens with zero attached hydrogens (tertiary/aromatic N) is 5. The molecule has 0 atom stereocenters. The number of rotatable bonds is 5. The SMILES string of the molecule is CCOc1ccc2cc(-c3nn(CC4CN(C(C)=O)C4)c4ncnc(N)c34)ccc2c1. The second kappa shape index (κ2) is 7.54. The summed E-state index contributed by atoms with van der Waals surface area (Å²) in [5.74, 6) is 1.73. The molecule has 1 fully saturated rings. The first-order chi connectivity index (χ1) is 15.0. The van der Waals surface area contributed by atoms with Crippen LogP contribution in [-0.4, -0.2) is 50.3 Å². The maximum atomic E-state index is 11.5. The van der Waals surface area contributed by atoms with Crippen LogP contribution in [0.4, 0.5) is 5.82 Å². The molecule has 1 saturated heterocycles. The van der Waals surface area contributed by atoms with Gasteiger partial charge in [0.05, 0.1) is 12.0 Å². The molecule has 1 aliphatic rings. The number of carbonyl (C=O) groups excluding carboxylic acids is 1. The fourth-order valence-corrected chi connectivity index (χ4v) is 4.17. The molecule has 1 aliphatic heterocycles. The molecule has 0 spiro atoms. The lowest BCUT2D eigenvalue weighted by molar-refractivity contribution is -0.135. The van der Waals surface area contributed by atoms with Gasteiger partial charge in [-0.05, 0) is 35.9 Å². The Balaban J connectivity index is 1.53. The number of carbonyl (C=O) groups is 1. The Kier molecular flexibility index (Phi) is 4.69. The number of amides is 1. The molecule has 4 aromatic rings. The van der Waals surface area contributed by atoms with Crippen molar-refractivity contribution in [3.8, 4) is 17.0 Å². The van der Waals surface area contributed by atoms with Gasteiger partial charge in [-0.25, -0.2) is 14.6 Å². The molecule has 8 nitrogen and oxygen atoms in total. The summed E-state index contributed by atoms with van der Waals surface area (Å²) in [6, 6.07) is 12.3. The zero-order chi connectivity index (χ0) is 21.5. The molecule has 1 amide bonds. The molecule has 3 heterocycles. The summed E-state index contributed by atoms with van der Waals surface area (Å²) < 4.78 is 7.50. The Morgan fingerprint density at radius 3 is 2.71 bits per heavy atom. The van der Waals surface area contributed by atoms with Crippen LogP contribution < -0.4 is 10.5 Å². The van der Waals surface area contributed by atoms with Crippen molar-refractivity contribution in [2.24, 2.45) is 5.92 Å². The van der Waals surface area contributed by atoms with Crippen molar-refractivity contribution in [2.75, 3.05) is 25.4 Å². The summed E-state index contributed by atoms with van der Waals surface area (Å²) in [5.41, 5.74) is 8.69. The first-order valence-electron chi connectivity index (χ1n) is 10.4. The Bertz CT molecular complexity index is 1290. The van der Waals surface area contributed by atoms with E-state index in [1.807, 2.05) is 40.8 Å². The number of likely N-dealkylation sites (tertiary alicyclic amines) is 1. The minimum absolute atomic E-state index is 0.109. The third kappa shape index (κ3) is 3.43. The van der Waals surface area contributed by atoms with Gasteiger partial charge in [-0.15, -0.1) is 0 Å². The van der Waals surface area contributed by atoms with Crippen LogP contribution in [0.3, 0.4) is 0 Å². The lowest BCUT2D eigenvalue weighted by atomic mass is 10.0. The Labute approximate surface area is 179 Å². The molecule has 0 radical (unpaired) electrons. The molecule has 31 heavy (non-hydrogen) atoms. The number of anilines is 1. The van der Waals surface area contributed by atoms with Crippen molar-refractivity contribution in [1.82, 2.24) is 24.6 Å². The van der Waals surface area contributed by atoms with E-state index in [9.17, 15) is 4.79 Å². The van der Waals surface area contributed by atoms with Gasteiger partial charge in [-0.2, -0.15) is 5.10 Å². The van der Waals surface area contributed by atoms with Gasteiger partial charge in [0.25, 0.3) is 0 Å². The van der Waals surface area contributed by atoms with Gasteiger partial charge >= 0.3 is 0 Å². The van der Waals surface area contributed by atoms with Gasteiger partial charge < -0.3 is 15.4 Å². The van der Waals surface area contributed by atoms with Crippen molar-refractivity contribution >= 4 is 33.5 Å². The fraction of sp³-hybridized carbons (Fsp3) is 0.304. The summed E-state index contributed by atoms with van der Waals surface area (Å²) in [6.45, 7) is 6.38. The van der Waals surface area contributed by atoms with Gasteiger partial charge in [-0.1, -0.05) is 18.2 Å². The predicted molar refractivity (Wildman–Crippen MR) is 120 cm³/mol. The third-order valence-corrected chi connectivity index (χ3v) is 5.79. The highest BCUT2D eigenvalue weighted by Crippen LogP contribution is 2.33. The van der Waals surface area contributed by atoms with Crippen molar-refractivity contribution in [1.29, 1.82) is 0 Å². The van der Waals surface area contributed by atoms with E-state index in [1.54, 1.807) is 6.92 Å². The van der Waals surface area contributed by atoms with Gasteiger partial charge in [0.1, 0.15) is 23.6 Å². The molecule has 0 aliphatic carbocycles. The second-order valence-electron chi connectivity index (χ2n) is 7.94. The van der Waals surface area contributed by atoms with Crippen molar-refractivity contribution in [2.45, 2.75) is 20.4 Å². The molecular formula is C23H24N6O2. The summed E-state index contributed by atoms with van der Waals surface area (Å²) >= 11 is 0. The first kappa shape index (κ1) is 19.3. The summed E-state index contributed by atoms with van der Waals surface area (Å²) in [7, 11) is 0. The van der Waals surface area contributed by atoms with E-state index in [0.29, 0.717) is 24.9 Å². The van der Waals surface area contributed by atoms with Gasteiger partial charge in [0, 0.05) is 38.0 Å². The molecule has 158 valence electrons. The number of fused-ring (bicyclic) bond motifs is 2. The van der Waals surface area contributed by atoms with Crippen LogP contribution in [0.25, 0.3) is 33.1 Å². The Morgan fingerprint density at radius 2 is 1.94 bits per heavy atom. The lowest BCUT2D eigenvalue weighted by Crippen LogP contribution is -2.50. The van der Waals surface area contributed by atoms with E-state index in [4.69, 9.17) is 15.6 Å². The molecule has 2 aromatic heterocycles. The summed E-state index contributed by atoms with van der Waals surface area (Å²) in [5, 5.41) is 7.82. The van der Waals surface area contributed by atoms with Crippen LogP contribution >= 0.6 is 0 Å². The molecule has 0 bridgehead atoms. The van der Waals surface area contributed by atoms with Crippen LogP contribution in [0, 0.1) is 5.92 Å². The van der Waals surface area contributed by atoms with E-state index < -0.39 is 0 Å². The minimum atomic E-state index is 0.109. The normalized spacial score (nSPS) is 14.2. The zero-order valence-electron chi connectivity index (χ0n) is 17.6. The van der Waals surface area contributed by atoms with Crippen molar-refractivity contribution in [3.63, 3.8) is 0 Å². The smallest absolute Gasteiger partial charge is 0.219 e. The van der Waals surface area contributed by atoms with Crippen LogP contribution in [0.2, 0.25) is 0 Å². The monoisotopic (exact) mass is 416 g/mol. The Hall–Kier alpha value is -3.68. The quantitative estimate of drug-likeness (QED) is 0.537. The zero-order valence-corrected chi connectivity index (χ0v) is 17.6. The van der Waals surface area contributed by atoms with E-state index in [-0.39, 0.29) is 5.91 Å². The largest absolute Gasteiger partial charge is 0.494 e. The van der Waals surface area contributed by atoms with E-state index in [1.165, 1.54) is 6.33 Å². The maximum absolute atomic E-state index is 11.5. The van der Waals surface area contributed by atoms with Crippen LogP contribution in [0.15, 0.2) is 42.7 Å². The highest BCUT2D eigenvalue weighted by atomic mass is 16.5. The predicted octanol–water partition coefficient (Wildman–Crippen LogP) is 3.11. The van der Waals surface area contributed by atoms with E-state index >= 15 is 0 Å². The standard InChI is InChI=1S/C23H24N6O2/c1-3-31-19-7-6-16-8-18(5-4-17(16)9-19)21-20-22(24)25-13-26-23(20)29(27-21)12-15-10-28(11-15)14(2)30/h4-9,13,15H,3,10-12H2,1-2H3,(H2,24,25,26). The van der Waals surface area contributed by atoms with Gasteiger partial charge in [-0.3, -0.25) is 4.79 Å². The van der Waals surface area contributed by atoms with Crippen LogP contribution in [0.5, 0.6) is 5.75 Å². The second-order valence-corrected chi connectivity index (χ2v) is 7.94. The van der Waals surface area contributed by atoms with Gasteiger partial charge in [0.2, 0.25) is 5.91 Å². The van der Waals surface area contributed by atoms with Crippen molar-refractivity contribution in [3.05, 3.63) is 42.7 Å². The third-order valence-electron chi connectivity index (χ3n) is 5.79. The molecule has 0 unspecified atom stereocenters. The average molecular weight is 416 g/mol. The minimum Gasteiger partial charge on any atom is -0.494 e. The number of nitrogens with two attached hydrogens (primary N) is 1. The van der Waals surface area contributed by atoms with Gasteiger partial charge in [0.15, 0.2) is 5.65 Å². The highest BCUT2D eigenvalue weighted by molar-refractivity contribution is 6.00. The van der Waals surface area contributed by atoms with Crippen LogP contribution in [-0.2, 0) is 11.3 Å². The van der Waals surface area contributed by atoms with E-state index in [0.717, 1.165) is 51.9 Å². The first-order valence-corrected chi connectivity index (χ1v) is 10.4. The molecule has 8 heteroatoms. The topological polar surface area (TPSA) is 99.2 Å². The molecule has 5 rings (SSSR count). The average Bonchev–Trinajstić information content (AvgIpc) is 3.10. The molecular weight excluding hydrogens is 392 g/mol. The summed E-state index contributed by atoms with van der Waals surface area (Å²) in [4.78, 5) is 22.0. The lowest BCUT2D eigenvalue weighted by Gasteiger charge is -2.38. The number of hydrogen-bond acceptors (Lipinski definition) is 6. The maximum Gasteiger partial charge on any atom is 0.219 e. The van der Waals surface area contributed by atoms with Crippen molar-refractivity contribution < 1.29 is 9.53 Å².